The first-order valence-electron chi connectivity index (χ1n) is 6.37. The number of carboxylic acids is 1. The van der Waals surface area contributed by atoms with Crippen LogP contribution in [0.1, 0.15) is 39.0 Å². The van der Waals surface area contributed by atoms with E-state index in [1.54, 1.807) is 21.1 Å². The van der Waals surface area contributed by atoms with Crippen LogP contribution in [0.25, 0.3) is 0 Å². The highest BCUT2D eigenvalue weighted by Gasteiger charge is 2.40. The van der Waals surface area contributed by atoms with Gasteiger partial charge in [-0.2, -0.15) is 0 Å². The normalized spacial score (nSPS) is 14.4. The highest BCUT2D eigenvalue weighted by molar-refractivity contribution is 5.90. The minimum atomic E-state index is -1.81. The molecule has 0 saturated carbocycles. The van der Waals surface area contributed by atoms with Gasteiger partial charge < -0.3 is 19.5 Å². The zero-order valence-corrected chi connectivity index (χ0v) is 13.1. The van der Waals surface area contributed by atoms with E-state index in [2.05, 4.69) is 0 Å². The quantitative estimate of drug-likeness (QED) is 0.485. The Hall–Kier alpha value is -0.650. The third-order valence-corrected chi connectivity index (χ3v) is 2.70. The van der Waals surface area contributed by atoms with Crippen molar-refractivity contribution in [3.8, 4) is 0 Å². The average Bonchev–Trinajstić information content (AvgIpc) is 2.13. The Labute approximate surface area is 121 Å². The van der Waals surface area contributed by atoms with Crippen molar-refractivity contribution in [2.45, 2.75) is 44.6 Å². The van der Waals surface area contributed by atoms with Crippen LogP contribution in [0.5, 0.6) is 0 Å². The summed E-state index contributed by atoms with van der Waals surface area (Å²) in [5.74, 6) is -1.79. The summed E-state index contributed by atoms with van der Waals surface area (Å²) in [6.45, 7) is 2.09. The summed E-state index contributed by atoms with van der Waals surface area (Å²) in [6.07, 6.45) is 2.14. The van der Waals surface area contributed by atoms with Gasteiger partial charge in [0, 0.05) is 18.8 Å². The zero-order chi connectivity index (χ0) is 14.4. The fourth-order valence-corrected chi connectivity index (χ4v) is 2.03. The lowest BCUT2D eigenvalue weighted by Crippen LogP contribution is -2.56. The van der Waals surface area contributed by atoms with Gasteiger partial charge in [-0.25, -0.2) is 0 Å². The summed E-state index contributed by atoms with van der Waals surface area (Å²) in [5, 5.41) is 21.0. The molecule has 19 heavy (non-hydrogen) atoms. The van der Waals surface area contributed by atoms with Gasteiger partial charge in [-0.3, -0.25) is 4.79 Å². The molecule has 0 aromatic rings. The zero-order valence-electron chi connectivity index (χ0n) is 12.3. The van der Waals surface area contributed by atoms with Crippen LogP contribution < -0.4 is 5.11 Å². The molecule has 0 amide bonds. The van der Waals surface area contributed by atoms with E-state index in [-0.39, 0.29) is 25.4 Å². The van der Waals surface area contributed by atoms with E-state index < -0.39 is 23.8 Å². The highest BCUT2D eigenvalue weighted by Crippen LogP contribution is 2.19. The van der Waals surface area contributed by atoms with Crippen molar-refractivity contribution < 1.29 is 24.3 Å². The average molecular weight is 296 g/mol. The molecular formula is C13H26ClNO4. The first-order valence-corrected chi connectivity index (χ1v) is 6.37. The third-order valence-electron chi connectivity index (χ3n) is 2.70. The van der Waals surface area contributed by atoms with Crippen molar-refractivity contribution in [3.05, 3.63) is 0 Å². The predicted molar refractivity (Wildman–Crippen MR) is 73.9 cm³/mol. The number of carboxylic acid groups (broad SMARTS) is 1. The lowest BCUT2D eigenvalue weighted by molar-refractivity contribution is -0.875. The third kappa shape index (κ3) is 8.97. The summed E-state index contributed by atoms with van der Waals surface area (Å²) in [7, 11) is 5.42. The van der Waals surface area contributed by atoms with Gasteiger partial charge in [-0.15, -0.1) is 12.4 Å². The molecular weight excluding hydrogens is 270 g/mol. The number of Topliss-reactive ketones (excluding diaryl/α,β-unsaturated/α-hetero) is 1. The molecule has 114 valence electrons. The SMILES string of the molecule is CCCCCC(=O)C(O)(CC(=O)[O-])C[N+](C)(C)C.Cl. The van der Waals surface area contributed by atoms with Gasteiger partial charge in [0.15, 0.2) is 11.4 Å². The van der Waals surface area contributed by atoms with E-state index in [0.717, 1.165) is 12.8 Å². The monoisotopic (exact) mass is 295 g/mol. The van der Waals surface area contributed by atoms with Crippen molar-refractivity contribution in [2.75, 3.05) is 27.7 Å². The molecule has 1 unspecified atom stereocenters. The van der Waals surface area contributed by atoms with E-state index in [1.807, 2.05) is 6.92 Å². The Bertz CT molecular complexity index is 302. The first kappa shape index (κ1) is 20.7. The standard InChI is InChI=1S/C13H25NO4.ClH/c1-5-6-7-8-11(15)13(18,9-12(16)17)10-14(2,3)4;/h18H,5-10H2,1-4H3;1H. The molecule has 0 rings (SSSR count). The molecule has 0 heterocycles. The predicted octanol–water partition coefficient (Wildman–Crippen LogP) is 0.135. The van der Waals surface area contributed by atoms with Crippen molar-refractivity contribution >= 4 is 24.2 Å². The van der Waals surface area contributed by atoms with E-state index in [4.69, 9.17) is 0 Å². The van der Waals surface area contributed by atoms with Gasteiger partial charge in [0.05, 0.1) is 21.1 Å². The number of hydrogen-bond donors (Lipinski definition) is 1. The van der Waals surface area contributed by atoms with Crippen LogP contribution in [-0.4, -0.2) is 54.6 Å². The number of unbranched alkanes of at least 4 members (excludes halogenated alkanes) is 2. The van der Waals surface area contributed by atoms with Gasteiger partial charge in [0.25, 0.3) is 0 Å². The highest BCUT2D eigenvalue weighted by atomic mass is 35.5. The molecule has 0 aliphatic carbocycles. The lowest BCUT2D eigenvalue weighted by Gasteiger charge is -2.34. The van der Waals surface area contributed by atoms with Crippen molar-refractivity contribution in [3.63, 3.8) is 0 Å². The molecule has 6 heteroatoms. The van der Waals surface area contributed by atoms with Gasteiger partial charge in [-0.1, -0.05) is 19.8 Å². The fourth-order valence-electron chi connectivity index (χ4n) is 2.03. The fraction of sp³-hybridized carbons (Fsp3) is 0.846. The number of halogens is 1. The molecule has 0 fully saturated rings. The molecule has 0 aliphatic heterocycles. The number of aliphatic carboxylic acids is 1. The van der Waals surface area contributed by atoms with E-state index in [0.29, 0.717) is 10.9 Å². The minimum Gasteiger partial charge on any atom is -0.550 e. The number of likely N-dealkylation sites (N-methyl/N-ethyl adjacent to an activating group) is 1. The summed E-state index contributed by atoms with van der Waals surface area (Å²) in [4.78, 5) is 22.7. The Balaban J connectivity index is 0. The Morgan fingerprint density at radius 2 is 1.74 bits per heavy atom. The van der Waals surface area contributed by atoms with Crippen molar-refractivity contribution in [1.82, 2.24) is 0 Å². The molecule has 0 bridgehead atoms. The molecule has 1 atom stereocenters. The number of ketones is 1. The summed E-state index contributed by atoms with van der Waals surface area (Å²) >= 11 is 0. The minimum absolute atomic E-state index is 0. The van der Waals surface area contributed by atoms with Gasteiger partial charge in [0.2, 0.25) is 0 Å². The van der Waals surface area contributed by atoms with Crippen molar-refractivity contribution in [2.24, 2.45) is 0 Å². The van der Waals surface area contributed by atoms with E-state index >= 15 is 0 Å². The molecule has 0 aromatic carbocycles. The smallest absolute Gasteiger partial charge is 0.177 e. The number of hydrogen-bond acceptors (Lipinski definition) is 4. The molecule has 0 spiro atoms. The number of quaternary nitrogens is 1. The molecule has 5 nitrogen and oxygen atoms in total. The Morgan fingerprint density at radius 1 is 1.21 bits per heavy atom. The maximum Gasteiger partial charge on any atom is 0.177 e. The summed E-state index contributed by atoms with van der Waals surface area (Å²) in [6, 6.07) is 0. The second-order valence-electron chi connectivity index (χ2n) is 5.91. The molecule has 0 aromatic heterocycles. The number of carbonyl (C=O) groups is 2. The number of carbonyl (C=O) groups excluding carboxylic acids is 2. The summed E-state index contributed by atoms with van der Waals surface area (Å²) in [5.41, 5.74) is -1.81. The summed E-state index contributed by atoms with van der Waals surface area (Å²) < 4.78 is 0.323. The molecule has 1 N–H and O–H groups in total. The molecule has 0 saturated heterocycles. The molecule has 0 radical (unpaired) electrons. The second-order valence-corrected chi connectivity index (χ2v) is 5.91. The van der Waals surface area contributed by atoms with Crippen LogP contribution in [0, 0.1) is 0 Å². The second kappa shape index (κ2) is 8.51. The topological polar surface area (TPSA) is 77.4 Å². The molecule has 0 aliphatic rings. The first-order chi connectivity index (χ1) is 8.10. The van der Waals surface area contributed by atoms with Crippen LogP contribution in [-0.2, 0) is 9.59 Å². The Kier molecular flexibility index (Phi) is 9.25. The van der Waals surface area contributed by atoms with E-state index in [9.17, 15) is 19.8 Å². The van der Waals surface area contributed by atoms with Crippen LogP contribution in [0.4, 0.5) is 0 Å². The van der Waals surface area contributed by atoms with Crippen molar-refractivity contribution in [1.29, 1.82) is 0 Å². The van der Waals surface area contributed by atoms with Crippen LogP contribution in [0.3, 0.4) is 0 Å². The van der Waals surface area contributed by atoms with Crippen LogP contribution in [0.15, 0.2) is 0 Å². The van der Waals surface area contributed by atoms with Gasteiger partial charge in [0.1, 0.15) is 6.54 Å². The Morgan fingerprint density at radius 3 is 2.11 bits per heavy atom. The number of aliphatic hydroxyl groups is 1. The van der Waals surface area contributed by atoms with Crippen LogP contribution >= 0.6 is 12.4 Å². The van der Waals surface area contributed by atoms with Crippen LogP contribution in [0.2, 0.25) is 0 Å². The number of nitrogens with zero attached hydrogens (tertiary/aromatic N) is 1. The van der Waals surface area contributed by atoms with Gasteiger partial charge >= 0.3 is 0 Å². The van der Waals surface area contributed by atoms with Gasteiger partial charge in [-0.05, 0) is 6.42 Å². The lowest BCUT2D eigenvalue weighted by atomic mass is 9.90. The maximum absolute atomic E-state index is 12.0. The maximum atomic E-state index is 12.0. The van der Waals surface area contributed by atoms with E-state index in [1.165, 1.54) is 0 Å². The largest absolute Gasteiger partial charge is 0.550 e. The number of rotatable bonds is 9.